The Labute approximate surface area is 88.9 Å². The highest BCUT2D eigenvalue weighted by Gasteiger charge is 2.14. The van der Waals surface area contributed by atoms with Crippen LogP contribution in [0.15, 0.2) is 16.6 Å². The van der Waals surface area contributed by atoms with Crippen LogP contribution in [-0.2, 0) is 4.74 Å². The summed E-state index contributed by atoms with van der Waals surface area (Å²) in [4.78, 5) is 11.2. The second-order valence-corrected chi connectivity index (χ2v) is 3.67. The summed E-state index contributed by atoms with van der Waals surface area (Å²) in [5.74, 6) is -0.532. The quantitative estimate of drug-likeness (QED) is 0.626. The Balaban J connectivity index is 3.28. The Bertz CT molecular complexity index is 331. The maximum atomic E-state index is 11.2. The molecule has 0 heterocycles. The number of hydrogen-bond acceptors (Lipinski definition) is 3. The molecule has 1 aromatic rings. The third-order valence-corrected chi connectivity index (χ3v) is 2.23. The van der Waals surface area contributed by atoms with Crippen molar-refractivity contribution in [1.29, 1.82) is 0 Å². The molecule has 0 radical (unpaired) electrons. The van der Waals surface area contributed by atoms with E-state index in [0.29, 0.717) is 5.69 Å². The van der Waals surface area contributed by atoms with Gasteiger partial charge in [0.1, 0.15) is 5.56 Å². The first-order valence-corrected chi connectivity index (χ1v) is 4.56. The van der Waals surface area contributed by atoms with Gasteiger partial charge in [-0.05, 0) is 12.1 Å². The molecule has 0 saturated carbocycles. The van der Waals surface area contributed by atoms with Gasteiger partial charge in [0.2, 0.25) is 0 Å². The van der Waals surface area contributed by atoms with Crippen LogP contribution in [0, 0.1) is 0 Å². The molecule has 0 aliphatic rings. The standard InChI is InChI=1S/C8H7BrClNO2/c1-13-8(12)7-5(10)2-4(9)3-6(7)11/h2-3H,11H2,1H3. The Morgan fingerprint density at radius 3 is 2.69 bits per heavy atom. The number of esters is 1. The van der Waals surface area contributed by atoms with Gasteiger partial charge in [-0.1, -0.05) is 27.5 Å². The molecule has 2 N–H and O–H groups in total. The first-order chi connectivity index (χ1) is 6.06. The van der Waals surface area contributed by atoms with Gasteiger partial charge in [0.05, 0.1) is 12.1 Å². The zero-order chi connectivity index (χ0) is 10.0. The van der Waals surface area contributed by atoms with Crippen LogP contribution in [-0.4, -0.2) is 13.1 Å². The van der Waals surface area contributed by atoms with Gasteiger partial charge in [-0.3, -0.25) is 0 Å². The number of anilines is 1. The number of halogens is 2. The van der Waals surface area contributed by atoms with E-state index < -0.39 is 5.97 Å². The molecule has 0 fully saturated rings. The predicted octanol–water partition coefficient (Wildman–Crippen LogP) is 2.47. The molecular weight excluding hydrogens is 257 g/mol. The molecule has 1 rings (SSSR count). The van der Waals surface area contributed by atoms with Crippen LogP contribution in [0.4, 0.5) is 5.69 Å². The normalized spacial score (nSPS) is 9.77. The first kappa shape index (κ1) is 10.3. The molecule has 1 aromatic carbocycles. The van der Waals surface area contributed by atoms with Gasteiger partial charge in [0, 0.05) is 10.2 Å². The number of rotatable bonds is 1. The third kappa shape index (κ3) is 2.14. The van der Waals surface area contributed by atoms with Crippen molar-refractivity contribution in [3.63, 3.8) is 0 Å². The Kier molecular flexibility index (Phi) is 3.17. The van der Waals surface area contributed by atoms with Crippen molar-refractivity contribution < 1.29 is 9.53 Å². The number of carbonyl (C=O) groups is 1. The lowest BCUT2D eigenvalue weighted by atomic mass is 10.2. The lowest BCUT2D eigenvalue weighted by Gasteiger charge is -2.06. The number of benzene rings is 1. The van der Waals surface area contributed by atoms with Crippen molar-refractivity contribution in [2.75, 3.05) is 12.8 Å². The topological polar surface area (TPSA) is 52.3 Å². The molecule has 0 aliphatic carbocycles. The van der Waals surface area contributed by atoms with E-state index in [1.165, 1.54) is 7.11 Å². The molecule has 0 amide bonds. The smallest absolute Gasteiger partial charge is 0.341 e. The minimum Gasteiger partial charge on any atom is -0.465 e. The second kappa shape index (κ2) is 3.98. The summed E-state index contributed by atoms with van der Waals surface area (Å²) in [6.45, 7) is 0. The molecule has 0 aromatic heterocycles. The largest absolute Gasteiger partial charge is 0.465 e. The van der Waals surface area contributed by atoms with Crippen LogP contribution < -0.4 is 5.73 Å². The molecule has 13 heavy (non-hydrogen) atoms. The number of ether oxygens (including phenoxy) is 1. The molecule has 5 heteroatoms. The van der Waals surface area contributed by atoms with Gasteiger partial charge in [0.25, 0.3) is 0 Å². The van der Waals surface area contributed by atoms with Crippen molar-refractivity contribution >= 4 is 39.2 Å². The molecule has 0 aliphatic heterocycles. The van der Waals surface area contributed by atoms with Crippen molar-refractivity contribution in [3.8, 4) is 0 Å². The van der Waals surface area contributed by atoms with Gasteiger partial charge in [-0.15, -0.1) is 0 Å². The summed E-state index contributed by atoms with van der Waals surface area (Å²) in [6, 6.07) is 3.18. The van der Waals surface area contributed by atoms with Gasteiger partial charge < -0.3 is 10.5 Å². The molecule has 0 atom stereocenters. The second-order valence-electron chi connectivity index (χ2n) is 2.34. The Morgan fingerprint density at radius 1 is 1.62 bits per heavy atom. The van der Waals surface area contributed by atoms with E-state index in [4.69, 9.17) is 17.3 Å². The monoisotopic (exact) mass is 263 g/mol. The van der Waals surface area contributed by atoms with E-state index in [1.807, 2.05) is 0 Å². The summed E-state index contributed by atoms with van der Waals surface area (Å²) in [7, 11) is 1.28. The molecule has 0 spiro atoms. The number of nitrogen functional groups attached to an aromatic ring is 1. The van der Waals surface area contributed by atoms with Crippen LogP contribution in [0.25, 0.3) is 0 Å². The number of carbonyl (C=O) groups excluding carboxylic acids is 1. The predicted molar refractivity (Wildman–Crippen MR) is 54.9 cm³/mol. The number of methoxy groups -OCH3 is 1. The molecule has 0 bridgehead atoms. The van der Waals surface area contributed by atoms with Gasteiger partial charge in [-0.25, -0.2) is 4.79 Å². The molecule has 0 saturated heterocycles. The maximum absolute atomic E-state index is 11.2. The molecule has 70 valence electrons. The third-order valence-electron chi connectivity index (χ3n) is 1.48. The minimum atomic E-state index is -0.532. The fourth-order valence-electron chi connectivity index (χ4n) is 0.911. The van der Waals surface area contributed by atoms with E-state index >= 15 is 0 Å². The van der Waals surface area contributed by atoms with Crippen LogP contribution in [0.1, 0.15) is 10.4 Å². The summed E-state index contributed by atoms with van der Waals surface area (Å²) in [5, 5.41) is 0.277. The van der Waals surface area contributed by atoms with E-state index in [9.17, 15) is 4.79 Å². The van der Waals surface area contributed by atoms with E-state index in [2.05, 4.69) is 20.7 Å². The van der Waals surface area contributed by atoms with Crippen molar-refractivity contribution in [2.24, 2.45) is 0 Å². The fourth-order valence-corrected chi connectivity index (χ4v) is 1.82. The van der Waals surface area contributed by atoms with Crippen LogP contribution in [0.2, 0.25) is 5.02 Å². The van der Waals surface area contributed by atoms with Crippen LogP contribution >= 0.6 is 27.5 Å². The summed E-state index contributed by atoms with van der Waals surface area (Å²) in [6.07, 6.45) is 0. The average Bonchev–Trinajstić information content (AvgIpc) is 2.02. The summed E-state index contributed by atoms with van der Waals surface area (Å²) >= 11 is 9.00. The minimum absolute atomic E-state index is 0.201. The molecule has 3 nitrogen and oxygen atoms in total. The zero-order valence-corrected chi connectivity index (χ0v) is 9.15. The fraction of sp³-hybridized carbons (Fsp3) is 0.125. The van der Waals surface area contributed by atoms with Gasteiger partial charge >= 0.3 is 5.97 Å². The van der Waals surface area contributed by atoms with E-state index in [0.717, 1.165) is 4.47 Å². The highest BCUT2D eigenvalue weighted by atomic mass is 79.9. The van der Waals surface area contributed by atoms with Gasteiger partial charge in [0.15, 0.2) is 0 Å². The average molecular weight is 265 g/mol. The van der Waals surface area contributed by atoms with Crippen molar-refractivity contribution in [2.45, 2.75) is 0 Å². The molecule has 0 unspecified atom stereocenters. The van der Waals surface area contributed by atoms with Crippen molar-refractivity contribution in [3.05, 3.63) is 27.2 Å². The Morgan fingerprint density at radius 2 is 2.23 bits per heavy atom. The van der Waals surface area contributed by atoms with E-state index in [1.54, 1.807) is 12.1 Å². The zero-order valence-electron chi connectivity index (χ0n) is 6.80. The molecular formula is C8H7BrClNO2. The van der Waals surface area contributed by atoms with Crippen molar-refractivity contribution in [1.82, 2.24) is 0 Å². The van der Waals surface area contributed by atoms with Gasteiger partial charge in [-0.2, -0.15) is 0 Å². The maximum Gasteiger partial charge on any atom is 0.341 e. The first-order valence-electron chi connectivity index (χ1n) is 3.39. The number of hydrogen-bond donors (Lipinski definition) is 1. The lowest BCUT2D eigenvalue weighted by molar-refractivity contribution is 0.0602. The SMILES string of the molecule is COC(=O)c1c(N)cc(Br)cc1Cl. The lowest BCUT2D eigenvalue weighted by Crippen LogP contribution is -2.06. The highest BCUT2D eigenvalue weighted by Crippen LogP contribution is 2.27. The number of nitrogens with two attached hydrogens (primary N) is 1. The van der Waals surface area contributed by atoms with E-state index in [-0.39, 0.29) is 10.6 Å². The summed E-state index contributed by atoms with van der Waals surface area (Å²) in [5.41, 5.74) is 6.08. The summed E-state index contributed by atoms with van der Waals surface area (Å²) < 4.78 is 5.24. The van der Waals surface area contributed by atoms with Crippen LogP contribution in [0.3, 0.4) is 0 Å². The van der Waals surface area contributed by atoms with Crippen LogP contribution in [0.5, 0.6) is 0 Å². The highest BCUT2D eigenvalue weighted by molar-refractivity contribution is 9.10. The Hall–Kier alpha value is -0.740.